The van der Waals surface area contributed by atoms with E-state index in [9.17, 15) is 4.79 Å². The van der Waals surface area contributed by atoms with Gasteiger partial charge < -0.3 is 20.3 Å². The number of amides is 1. The van der Waals surface area contributed by atoms with E-state index >= 15 is 0 Å². The van der Waals surface area contributed by atoms with Crippen LogP contribution in [0.25, 0.3) is 0 Å². The minimum Gasteiger partial charge on any atom is -0.379 e. The minimum absolute atomic E-state index is 0. The maximum absolute atomic E-state index is 11.5. The lowest BCUT2D eigenvalue weighted by Gasteiger charge is -2.22. The number of nitrogens with zero attached hydrogens (tertiary/aromatic N) is 2. The topological polar surface area (TPSA) is 66.0 Å². The van der Waals surface area contributed by atoms with Gasteiger partial charge >= 0.3 is 0 Å². The van der Waals surface area contributed by atoms with Crippen LogP contribution in [0.2, 0.25) is 0 Å². The Bertz CT molecular complexity index is 384. The predicted octanol–water partition coefficient (Wildman–Crippen LogP) is 1.45. The molecule has 0 saturated heterocycles. The van der Waals surface area contributed by atoms with E-state index in [4.69, 9.17) is 4.74 Å². The van der Waals surface area contributed by atoms with Gasteiger partial charge in [0, 0.05) is 39.2 Å². The van der Waals surface area contributed by atoms with Crippen LogP contribution in [0, 0.1) is 11.8 Å². The summed E-state index contributed by atoms with van der Waals surface area (Å²) in [5.41, 5.74) is 0. The molecule has 2 N–H and O–H groups in total. The molecule has 0 heterocycles. The molecule has 0 radical (unpaired) electrons. The number of nitrogens with one attached hydrogen (secondary N) is 2. The largest absolute Gasteiger partial charge is 0.379 e. The summed E-state index contributed by atoms with van der Waals surface area (Å²) >= 11 is 0. The first-order valence-corrected chi connectivity index (χ1v) is 8.55. The van der Waals surface area contributed by atoms with Crippen LogP contribution < -0.4 is 10.6 Å². The fourth-order valence-electron chi connectivity index (χ4n) is 2.14. The number of carbonyl (C=O) groups is 1. The number of likely N-dealkylation sites (N-methyl/N-ethyl adjacent to an activating group) is 1. The Balaban J connectivity index is 0.00000264. The Kier molecular flexibility index (Phi) is 9.85. The van der Waals surface area contributed by atoms with Crippen molar-refractivity contribution in [3.8, 4) is 0 Å². The first kappa shape index (κ1) is 20.5. The van der Waals surface area contributed by atoms with Crippen LogP contribution in [-0.4, -0.2) is 63.2 Å². The van der Waals surface area contributed by atoms with Crippen molar-refractivity contribution in [3.05, 3.63) is 0 Å². The first-order valence-electron chi connectivity index (χ1n) is 8.55. The minimum atomic E-state index is 0. The van der Waals surface area contributed by atoms with Gasteiger partial charge in [0.2, 0.25) is 5.91 Å². The number of guanidine groups is 1. The molecule has 7 heteroatoms. The summed E-state index contributed by atoms with van der Waals surface area (Å²) in [5.74, 6) is 2.13. The number of hydrogen-bond acceptors (Lipinski definition) is 3. The standard InChI is InChI=1S/C16H30N4O2.HI/c1-3-17-16(19-9-8-18-15(21)14-6-7-14)20(2)10-11-22-12-13-4-5-13;/h13-14H,3-12H2,1-2H3,(H,17,19)(H,18,21);1H. The average Bonchev–Trinajstić information content (AvgIpc) is 3.39. The van der Waals surface area contributed by atoms with Crippen LogP contribution in [0.5, 0.6) is 0 Å². The summed E-state index contributed by atoms with van der Waals surface area (Å²) in [6.07, 6.45) is 4.74. The second-order valence-corrected chi connectivity index (χ2v) is 6.24. The van der Waals surface area contributed by atoms with Crippen LogP contribution in [0.4, 0.5) is 0 Å². The van der Waals surface area contributed by atoms with Gasteiger partial charge in [-0.3, -0.25) is 9.79 Å². The van der Waals surface area contributed by atoms with Crippen molar-refractivity contribution < 1.29 is 9.53 Å². The highest BCUT2D eigenvalue weighted by Crippen LogP contribution is 2.29. The van der Waals surface area contributed by atoms with Crippen LogP contribution in [0.15, 0.2) is 4.99 Å². The fourth-order valence-corrected chi connectivity index (χ4v) is 2.14. The number of ether oxygens (including phenoxy) is 1. The van der Waals surface area contributed by atoms with E-state index in [2.05, 4.69) is 27.4 Å². The number of halogens is 1. The summed E-state index contributed by atoms with van der Waals surface area (Å²) < 4.78 is 5.67. The average molecular weight is 438 g/mol. The van der Waals surface area contributed by atoms with Gasteiger partial charge in [-0.1, -0.05) is 0 Å². The smallest absolute Gasteiger partial charge is 0.223 e. The third-order valence-electron chi connectivity index (χ3n) is 3.94. The molecule has 6 nitrogen and oxygen atoms in total. The Labute approximate surface area is 156 Å². The molecule has 2 aliphatic rings. The zero-order chi connectivity index (χ0) is 15.8. The van der Waals surface area contributed by atoms with E-state index < -0.39 is 0 Å². The van der Waals surface area contributed by atoms with Crippen molar-refractivity contribution in [1.82, 2.24) is 15.5 Å². The maximum atomic E-state index is 11.5. The first-order chi connectivity index (χ1) is 10.7. The molecule has 1 amide bonds. The molecule has 0 aliphatic heterocycles. The Morgan fingerprint density at radius 1 is 1.26 bits per heavy atom. The van der Waals surface area contributed by atoms with E-state index in [1.54, 1.807) is 0 Å². The van der Waals surface area contributed by atoms with Crippen molar-refractivity contribution >= 4 is 35.8 Å². The third-order valence-corrected chi connectivity index (χ3v) is 3.94. The highest BCUT2D eigenvalue weighted by molar-refractivity contribution is 14.0. The maximum Gasteiger partial charge on any atom is 0.223 e. The molecule has 0 spiro atoms. The lowest BCUT2D eigenvalue weighted by Crippen LogP contribution is -2.41. The van der Waals surface area contributed by atoms with Gasteiger partial charge in [0.1, 0.15) is 0 Å². The number of aliphatic imine (C=N–C) groups is 1. The monoisotopic (exact) mass is 438 g/mol. The molecule has 0 bridgehead atoms. The molecule has 2 fully saturated rings. The van der Waals surface area contributed by atoms with Crippen molar-refractivity contribution in [1.29, 1.82) is 0 Å². The molecule has 0 unspecified atom stereocenters. The second-order valence-electron chi connectivity index (χ2n) is 6.24. The van der Waals surface area contributed by atoms with E-state index in [-0.39, 0.29) is 35.8 Å². The Morgan fingerprint density at radius 3 is 2.61 bits per heavy atom. The Hall–Kier alpha value is -0.570. The van der Waals surface area contributed by atoms with Gasteiger partial charge in [-0.15, -0.1) is 24.0 Å². The predicted molar refractivity (Wildman–Crippen MR) is 103 cm³/mol. The van der Waals surface area contributed by atoms with Gasteiger partial charge in [0.15, 0.2) is 5.96 Å². The molecule has 0 aromatic rings. The molecule has 2 saturated carbocycles. The SMILES string of the molecule is CCNC(=NCCNC(=O)C1CC1)N(C)CCOCC1CC1.I. The summed E-state index contributed by atoms with van der Waals surface area (Å²) in [6.45, 7) is 6.56. The molecule has 0 aromatic heterocycles. The highest BCUT2D eigenvalue weighted by atomic mass is 127. The number of carbonyl (C=O) groups excluding carboxylic acids is 1. The van der Waals surface area contributed by atoms with Crippen molar-refractivity contribution in [2.24, 2.45) is 16.8 Å². The van der Waals surface area contributed by atoms with Gasteiger partial charge in [0.25, 0.3) is 0 Å². The normalized spacial score (nSPS) is 17.4. The summed E-state index contributed by atoms with van der Waals surface area (Å²) in [6, 6.07) is 0. The number of rotatable bonds is 10. The Morgan fingerprint density at radius 2 is 2.00 bits per heavy atom. The van der Waals surface area contributed by atoms with E-state index in [0.717, 1.165) is 51.0 Å². The summed E-state index contributed by atoms with van der Waals surface area (Å²) in [7, 11) is 2.02. The molecule has 0 atom stereocenters. The van der Waals surface area contributed by atoms with Gasteiger partial charge in [-0.2, -0.15) is 0 Å². The molecular weight excluding hydrogens is 407 g/mol. The fraction of sp³-hybridized carbons (Fsp3) is 0.875. The summed E-state index contributed by atoms with van der Waals surface area (Å²) in [4.78, 5) is 18.2. The molecule has 0 aromatic carbocycles. The quantitative estimate of drug-likeness (QED) is 0.235. The second kappa shape index (κ2) is 11.1. The molecule has 23 heavy (non-hydrogen) atoms. The van der Waals surface area contributed by atoms with Crippen molar-refractivity contribution in [2.45, 2.75) is 32.6 Å². The van der Waals surface area contributed by atoms with Gasteiger partial charge in [-0.25, -0.2) is 0 Å². The van der Waals surface area contributed by atoms with Crippen LogP contribution in [0.3, 0.4) is 0 Å². The van der Waals surface area contributed by atoms with Gasteiger partial charge in [0.05, 0.1) is 13.2 Å². The van der Waals surface area contributed by atoms with E-state index in [1.165, 1.54) is 12.8 Å². The van der Waals surface area contributed by atoms with Crippen molar-refractivity contribution in [3.63, 3.8) is 0 Å². The highest BCUT2D eigenvalue weighted by Gasteiger charge is 2.28. The zero-order valence-electron chi connectivity index (χ0n) is 14.3. The van der Waals surface area contributed by atoms with Crippen molar-refractivity contribution in [2.75, 3.05) is 46.4 Å². The van der Waals surface area contributed by atoms with Crippen LogP contribution in [0.1, 0.15) is 32.6 Å². The van der Waals surface area contributed by atoms with E-state index in [1.807, 2.05) is 7.05 Å². The molecule has 2 aliphatic carbocycles. The van der Waals surface area contributed by atoms with E-state index in [0.29, 0.717) is 13.1 Å². The molecule has 134 valence electrons. The third kappa shape index (κ3) is 8.74. The number of hydrogen-bond donors (Lipinski definition) is 2. The molecule has 2 rings (SSSR count). The molecular formula is C16H31IN4O2. The lowest BCUT2D eigenvalue weighted by atomic mass is 10.4. The summed E-state index contributed by atoms with van der Waals surface area (Å²) in [5, 5.41) is 6.21. The zero-order valence-corrected chi connectivity index (χ0v) is 16.7. The van der Waals surface area contributed by atoms with Crippen LogP contribution in [-0.2, 0) is 9.53 Å². The van der Waals surface area contributed by atoms with Gasteiger partial charge in [-0.05, 0) is 38.5 Å². The van der Waals surface area contributed by atoms with Crippen LogP contribution >= 0.6 is 24.0 Å². The lowest BCUT2D eigenvalue weighted by molar-refractivity contribution is -0.122.